The molecule has 0 saturated carbocycles. The van der Waals surface area contributed by atoms with Gasteiger partial charge in [0.05, 0.1) is 0 Å². The zero-order valence-corrected chi connectivity index (χ0v) is 18.0. The molecule has 0 spiro atoms. The normalized spacial score (nSPS) is 12.6. The molecular formula is C25H45N. The Morgan fingerprint density at radius 1 is 0.692 bits per heavy atom. The number of nitrogens with zero attached hydrogens (tertiary/aromatic N) is 1. The largest absolute Gasteiger partial charge is 0.309 e. The number of rotatable bonds is 17. The van der Waals surface area contributed by atoms with Gasteiger partial charge in [0.1, 0.15) is 0 Å². The minimum absolute atomic E-state index is 0.893. The maximum Gasteiger partial charge on any atom is -0.00248 e. The van der Waals surface area contributed by atoms with E-state index in [0.717, 1.165) is 5.92 Å². The van der Waals surface area contributed by atoms with Gasteiger partial charge in [-0.1, -0.05) is 114 Å². The van der Waals surface area contributed by atoms with Crippen LogP contribution in [0, 0.1) is 5.92 Å². The van der Waals surface area contributed by atoms with E-state index in [4.69, 9.17) is 0 Å². The van der Waals surface area contributed by atoms with Gasteiger partial charge in [-0.15, -0.1) is 0 Å². The lowest BCUT2D eigenvalue weighted by molar-refractivity contribution is 0.389. The Morgan fingerprint density at radius 3 is 1.77 bits per heavy atom. The summed E-state index contributed by atoms with van der Waals surface area (Å²) >= 11 is 0. The molecule has 0 bridgehead atoms. The molecular weight excluding hydrogens is 314 g/mol. The lowest BCUT2D eigenvalue weighted by atomic mass is 9.90. The summed E-state index contributed by atoms with van der Waals surface area (Å²) in [6.07, 6.45) is 19.8. The van der Waals surface area contributed by atoms with E-state index in [9.17, 15) is 0 Å². The Kier molecular flexibility index (Phi) is 14.6. The summed E-state index contributed by atoms with van der Waals surface area (Å²) < 4.78 is 0. The van der Waals surface area contributed by atoms with Gasteiger partial charge in [-0.25, -0.2) is 0 Å². The highest BCUT2D eigenvalue weighted by Crippen LogP contribution is 2.21. The average molecular weight is 360 g/mol. The van der Waals surface area contributed by atoms with E-state index >= 15 is 0 Å². The molecule has 0 saturated heterocycles. The second-order valence-corrected chi connectivity index (χ2v) is 8.47. The van der Waals surface area contributed by atoms with Crippen molar-refractivity contribution in [2.75, 3.05) is 20.6 Å². The predicted octanol–water partition coefficient (Wildman–Crippen LogP) is 7.50. The molecule has 150 valence electrons. The van der Waals surface area contributed by atoms with Crippen LogP contribution in [-0.2, 0) is 6.42 Å². The third-order valence-corrected chi connectivity index (χ3v) is 5.53. The fraction of sp³-hybridized carbons (Fsp3) is 0.760. The van der Waals surface area contributed by atoms with Crippen molar-refractivity contribution in [1.82, 2.24) is 4.90 Å². The highest BCUT2D eigenvalue weighted by molar-refractivity contribution is 5.15. The molecule has 1 heteroatoms. The average Bonchev–Trinajstić information content (AvgIpc) is 2.63. The summed E-state index contributed by atoms with van der Waals surface area (Å²) in [7, 11) is 4.35. The second kappa shape index (κ2) is 16.4. The van der Waals surface area contributed by atoms with E-state index in [2.05, 4.69) is 56.3 Å². The van der Waals surface area contributed by atoms with Crippen molar-refractivity contribution in [3.63, 3.8) is 0 Å². The van der Waals surface area contributed by atoms with Crippen LogP contribution in [0.1, 0.15) is 96.0 Å². The fourth-order valence-electron chi connectivity index (χ4n) is 3.98. The quantitative estimate of drug-likeness (QED) is 0.260. The van der Waals surface area contributed by atoms with Crippen LogP contribution in [0.25, 0.3) is 0 Å². The Labute approximate surface area is 164 Å². The standard InChI is InChI=1S/C25H45N/c1-4-18-24(23-25-20-15-13-16-21-25)19-14-11-9-7-5-6-8-10-12-17-22-26(2)3/h13,15-16,20-21,24H,4-12,14,17-19,22-23H2,1-3H3. The third-order valence-electron chi connectivity index (χ3n) is 5.53. The fourth-order valence-corrected chi connectivity index (χ4v) is 3.98. The molecule has 0 amide bonds. The van der Waals surface area contributed by atoms with Gasteiger partial charge in [0.2, 0.25) is 0 Å². The smallest absolute Gasteiger partial charge is 0.00248 e. The predicted molar refractivity (Wildman–Crippen MR) is 118 cm³/mol. The van der Waals surface area contributed by atoms with Crippen LogP contribution >= 0.6 is 0 Å². The minimum Gasteiger partial charge on any atom is -0.309 e. The number of unbranched alkanes of at least 4 members (excludes halogenated alkanes) is 9. The molecule has 1 rings (SSSR count). The summed E-state index contributed by atoms with van der Waals surface area (Å²) in [6.45, 7) is 3.59. The molecule has 0 radical (unpaired) electrons. The SMILES string of the molecule is CCCC(CCCCCCCCCCCCN(C)C)Cc1ccccc1. The van der Waals surface area contributed by atoms with Gasteiger partial charge >= 0.3 is 0 Å². The molecule has 0 aromatic heterocycles. The maximum absolute atomic E-state index is 2.33. The minimum atomic E-state index is 0.893. The molecule has 1 aromatic rings. The van der Waals surface area contributed by atoms with E-state index in [0.29, 0.717) is 0 Å². The van der Waals surface area contributed by atoms with E-state index in [1.807, 2.05) is 0 Å². The Morgan fingerprint density at radius 2 is 1.23 bits per heavy atom. The summed E-state index contributed by atoms with van der Waals surface area (Å²) in [5, 5.41) is 0. The summed E-state index contributed by atoms with van der Waals surface area (Å²) in [5.74, 6) is 0.893. The van der Waals surface area contributed by atoms with Crippen LogP contribution in [0.5, 0.6) is 0 Å². The first-order valence-corrected chi connectivity index (χ1v) is 11.4. The molecule has 0 fully saturated rings. The van der Waals surface area contributed by atoms with Gasteiger partial charge in [0, 0.05) is 0 Å². The topological polar surface area (TPSA) is 3.24 Å². The molecule has 0 N–H and O–H groups in total. The zero-order valence-electron chi connectivity index (χ0n) is 18.0. The Bertz CT molecular complexity index is 398. The third kappa shape index (κ3) is 13.4. The molecule has 1 nitrogen and oxygen atoms in total. The highest BCUT2D eigenvalue weighted by atomic mass is 15.0. The zero-order chi connectivity index (χ0) is 18.9. The summed E-state index contributed by atoms with van der Waals surface area (Å²) in [5.41, 5.74) is 1.52. The van der Waals surface area contributed by atoms with Crippen LogP contribution in [0.3, 0.4) is 0 Å². The van der Waals surface area contributed by atoms with Gasteiger partial charge in [-0.2, -0.15) is 0 Å². The van der Waals surface area contributed by atoms with Crippen molar-refractivity contribution in [1.29, 1.82) is 0 Å². The van der Waals surface area contributed by atoms with Crippen molar-refractivity contribution < 1.29 is 0 Å². The first-order chi connectivity index (χ1) is 12.7. The van der Waals surface area contributed by atoms with Gasteiger partial charge in [0.25, 0.3) is 0 Å². The van der Waals surface area contributed by atoms with Crippen molar-refractivity contribution in [2.24, 2.45) is 5.92 Å². The van der Waals surface area contributed by atoms with Crippen LogP contribution in [0.4, 0.5) is 0 Å². The first-order valence-electron chi connectivity index (χ1n) is 11.4. The van der Waals surface area contributed by atoms with E-state index < -0.39 is 0 Å². The van der Waals surface area contributed by atoms with Crippen LogP contribution < -0.4 is 0 Å². The second-order valence-electron chi connectivity index (χ2n) is 8.47. The molecule has 0 heterocycles. The van der Waals surface area contributed by atoms with E-state index in [-0.39, 0.29) is 0 Å². The van der Waals surface area contributed by atoms with E-state index in [1.165, 1.54) is 102 Å². The van der Waals surface area contributed by atoms with Gasteiger partial charge in [-0.05, 0) is 45.0 Å². The molecule has 0 aliphatic rings. The van der Waals surface area contributed by atoms with Gasteiger partial charge in [-0.3, -0.25) is 0 Å². The molecule has 1 unspecified atom stereocenters. The lowest BCUT2D eigenvalue weighted by Gasteiger charge is -2.16. The van der Waals surface area contributed by atoms with Crippen LogP contribution in [0.15, 0.2) is 30.3 Å². The summed E-state index contributed by atoms with van der Waals surface area (Å²) in [6, 6.07) is 11.1. The van der Waals surface area contributed by atoms with Crippen molar-refractivity contribution in [2.45, 2.75) is 96.8 Å². The number of benzene rings is 1. The van der Waals surface area contributed by atoms with Crippen molar-refractivity contribution in [3.8, 4) is 0 Å². The van der Waals surface area contributed by atoms with E-state index in [1.54, 1.807) is 0 Å². The molecule has 1 aromatic carbocycles. The van der Waals surface area contributed by atoms with Gasteiger partial charge in [0.15, 0.2) is 0 Å². The molecule has 0 aliphatic carbocycles. The number of hydrogen-bond acceptors (Lipinski definition) is 1. The first kappa shape index (κ1) is 23.2. The Balaban J connectivity index is 1.94. The van der Waals surface area contributed by atoms with Gasteiger partial charge < -0.3 is 4.90 Å². The molecule has 1 atom stereocenters. The lowest BCUT2D eigenvalue weighted by Crippen LogP contribution is -2.12. The number of hydrogen-bond donors (Lipinski definition) is 0. The molecule has 26 heavy (non-hydrogen) atoms. The van der Waals surface area contributed by atoms with Crippen molar-refractivity contribution in [3.05, 3.63) is 35.9 Å². The van der Waals surface area contributed by atoms with Crippen molar-refractivity contribution >= 4 is 0 Å². The maximum atomic E-state index is 2.33. The highest BCUT2D eigenvalue weighted by Gasteiger charge is 2.08. The van der Waals surface area contributed by atoms with Crippen LogP contribution in [-0.4, -0.2) is 25.5 Å². The molecule has 0 aliphatic heterocycles. The monoisotopic (exact) mass is 359 g/mol. The summed E-state index contributed by atoms with van der Waals surface area (Å²) in [4.78, 5) is 2.30. The Hall–Kier alpha value is -0.820. The van der Waals surface area contributed by atoms with Crippen LogP contribution in [0.2, 0.25) is 0 Å².